The van der Waals surface area contributed by atoms with Gasteiger partial charge in [0.25, 0.3) is 0 Å². The maximum atomic E-state index is 9.43. The fourth-order valence-electron chi connectivity index (χ4n) is 2.44. The third kappa shape index (κ3) is 2.96. The van der Waals surface area contributed by atoms with Crippen molar-refractivity contribution in [2.45, 2.75) is 9.92 Å². The van der Waals surface area contributed by atoms with Gasteiger partial charge in [-0.3, -0.25) is 0 Å². The molecule has 24 heavy (non-hydrogen) atoms. The quantitative estimate of drug-likeness (QED) is 0.501. The highest BCUT2D eigenvalue weighted by Crippen LogP contribution is 2.34. The normalized spacial score (nSPS) is 11.0. The number of nitrogens with zero attached hydrogens (tertiary/aromatic N) is 2. The summed E-state index contributed by atoms with van der Waals surface area (Å²) < 4.78 is 0. The molecule has 0 fully saturated rings. The number of H-pyrrole nitrogens is 1. The monoisotopic (exact) mass is 353 g/mol. The second-order valence-electron chi connectivity index (χ2n) is 5.23. The molecule has 0 aliphatic heterocycles. The Hall–Kier alpha value is -2.50. The van der Waals surface area contributed by atoms with Gasteiger partial charge in [-0.2, -0.15) is 0 Å². The number of rotatable bonds is 3. The minimum Gasteiger partial charge on any atom is -0.508 e. The molecule has 118 valence electrons. The summed E-state index contributed by atoms with van der Waals surface area (Å²) in [6.07, 6.45) is 1.55. The standard InChI is InChI=1S/C18H12ClN3OS/c19-12-2-1-3-14(8-12)24-18-15-9-16(22-17(15)20-10-21-18)11-4-6-13(23)7-5-11/h1-10,23H,(H,20,21,22). The van der Waals surface area contributed by atoms with E-state index in [1.807, 2.05) is 42.5 Å². The van der Waals surface area contributed by atoms with Crippen LogP contribution >= 0.6 is 23.4 Å². The van der Waals surface area contributed by atoms with Crippen molar-refractivity contribution in [3.8, 4) is 17.0 Å². The van der Waals surface area contributed by atoms with E-state index in [2.05, 4.69) is 15.0 Å². The van der Waals surface area contributed by atoms with Gasteiger partial charge in [0.05, 0.1) is 5.39 Å². The zero-order valence-corrected chi connectivity index (χ0v) is 14.0. The molecule has 0 amide bonds. The molecule has 0 saturated heterocycles. The first-order valence-corrected chi connectivity index (χ1v) is 8.45. The van der Waals surface area contributed by atoms with Crippen LogP contribution in [-0.2, 0) is 0 Å². The van der Waals surface area contributed by atoms with Crippen LogP contribution in [0.5, 0.6) is 5.75 Å². The number of fused-ring (bicyclic) bond motifs is 1. The van der Waals surface area contributed by atoms with E-state index in [1.165, 1.54) is 0 Å². The number of halogens is 1. The van der Waals surface area contributed by atoms with E-state index in [4.69, 9.17) is 11.6 Å². The van der Waals surface area contributed by atoms with E-state index in [0.717, 1.165) is 32.2 Å². The SMILES string of the molecule is Oc1ccc(-c2cc3c(Sc4cccc(Cl)c4)ncnc3[nH]2)cc1. The largest absolute Gasteiger partial charge is 0.508 e. The van der Waals surface area contributed by atoms with Gasteiger partial charge in [0.2, 0.25) is 0 Å². The van der Waals surface area contributed by atoms with Crippen molar-refractivity contribution in [3.63, 3.8) is 0 Å². The molecule has 0 atom stereocenters. The lowest BCUT2D eigenvalue weighted by Crippen LogP contribution is -1.84. The molecule has 2 heterocycles. The number of benzene rings is 2. The van der Waals surface area contributed by atoms with Gasteiger partial charge in [-0.15, -0.1) is 0 Å². The summed E-state index contributed by atoms with van der Waals surface area (Å²) in [5.74, 6) is 0.242. The van der Waals surface area contributed by atoms with Gasteiger partial charge in [-0.1, -0.05) is 29.4 Å². The fourth-order valence-corrected chi connectivity index (χ4v) is 3.61. The lowest BCUT2D eigenvalue weighted by Gasteiger charge is -2.02. The number of phenolic OH excluding ortho intramolecular Hbond substituents is 1. The highest BCUT2D eigenvalue weighted by molar-refractivity contribution is 7.99. The Morgan fingerprint density at radius 1 is 1.00 bits per heavy atom. The van der Waals surface area contributed by atoms with Crippen LogP contribution in [-0.4, -0.2) is 20.1 Å². The average Bonchev–Trinajstić information content (AvgIpc) is 3.01. The molecule has 6 heteroatoms. The molecule has 4 nitrogen and oxygen atoms in total. The van der Waals surface area contributed by atoms with Gasteiger partial charge in [0, 0.05) is 15.6 Å². The van der Waals surface area contributed by atoms with Crippen LogP contribution in [0.4, 0.5) is 0 Å². The molecule has 0 aliphatic rings. The number of aromatic amines is 1. The van der Waals surface area contributed by atoms with Gasteiger partial charge in [0.1, 0.15) is 22.7 Å². The fraction of sp³-hybridized carbons (Fsp3) is 0. The van der Waals surface area contributed by atoms with Gasteiger partial charge in [-0.25, -0.2) is 9.97 Å². The number of hydrogen-bond acceptors (Lipinski definition) is 4. The molecule has 4 rings (SSSR count). The van der Waals surface area contributed by atoms with Crippen molar-refractivity contribution in [1.29, 1.82) is 0 Å². The molecule has 0 radical (unpaired) electrons. The summed E-state index contributed by atoms with van der Waals surface area (Å²) in [5, 5.41) is 11.9. The van der Waals surface area contributed by atoms with Crippen LogP contribution in [0, 0.1) is 0 Å². The first-order chi connectivity index (χ1) is 11.7. The van der Waals surface area contributed by atoms with Crippen molar-refractivity contribution in [2.75, 3.05) is 0 Å². The summed E-state index contributed by atoms with van der Waals surface area (Å²) in [5.41, 5.74) is 2.68. The van der Waals surface area contributed by atoms with Crippen molar-refractivity contribution in [3.05, 3.63) is 65.9 Å². The molecule has 0 saturated carbocycles. The zero-order chi connectivity index (χ0) is 16.5. The van der Waals surface area contributed by atoms with E-state index < -0.39 is 0 Å². The van der Waals surface area contributed by atoms with E-state index in [1.54, 1.807) is 30.2 Å². The molecule has 2 aromatic heterocycles. The second-order valence-corrected chi connectivity index (χ2v) is 6.73. The molecule has 0 aliphatic carbocycles. The van der Waals surface area contributed by atoms with E-state index in [9.17, 15) is 5.11 Å². The van der Waals surface area contributed by atoms with Crippen LogP contribution in [0.15, 0.2) is 70.8 Å². The number of aromatic nitrogens is 3. The first-order valence-electron chi connectivity index (χ1n) is 7.25. The van der Waals surface area contributed by atoms with Gasteiger partial charge in [0.15, 0.2) is 0 Å². The first kappa shape index (κ1) is 15.1. The highest BCUT2D eigenvalue weighted by atomic mass is 35.5. The number of aromatic hydroxyl groups is 1. The summed E-state index contributed by atoms with van der Waals surface area (Å²) in [6.45, 7) is 0. The summed E-state index contributed by atoms with van der Waals surface area (Å²) in [4.78, 5) is 13.0. The molecule has 4 aromatic rings. The number of hydrogen-bond donors (Lipinski definition) is 2. The van der Waals surface area contributed by atoms with Crippen LogP contribution in [0.1, 0.15) is 0 Å². The lowest BCUT2D eigenvalue weighted by atomic mass is 10.1. The van der Waals surface area contributed by atoms with Crippen LogP contribution in [0.3, 0.4) is 0 Å². The lowest BCUT2D eigenvalue weighted by molar-refractivity contribution is 0.475. The third-order valence-corrected chi connectivity index (χ3v) is 4.82. The van der Waals surface area contributed by atoms with E-state index in [-0.39, 0.29) is 5.75 Å². The molecule has 0 spiro atoms. The van der Waals surface area contributed by atoms with Gasteiger partial charge < -0.3 is 10.1 Å². The van der Waals surface area contributed by atoms with Crippen LogP contribution < -0.4 is 0 Å². The third-order valence-electron chi connectivity index (χ3n) is 3.58. The maximum absolute atomic E-state index is 9.43. The van der Waals surface area contributed by atoms with Crippen molar-refractivity contribution in [1.82, 2.24) is 15.0 Å². The minimum absolute atomic E-state index is 0.242. The molecule has 0 unspecified atom stereocenters. The van der Waals surface area contributed by atoms with Gasteiger partial charge >= 0.3 is 0 Å². The smallest absolute Gasteiger partial charge is 0.142 e. The predicted molar refractivity (Wildman–Crippen MR) is 96.6 cm³/mol. The zero-order valence-electron chi connectivity index (χ0n) is 12.4. The Morgan fingerprint density at radius 2 is 1.83 bits per heavy atom. The minimum atomic E-state index is 0.242. The molecule has 0 bridgehead atoms. The summed E-state index contributed by atoms with van der Waals surface area (Å²) in [6, 6.07) is 16.7. The summed E-state index contributed by atoms with van der Waals surface area (Å²) in [7, 11) is 0. The molecular formula is C18H12ClN3OS. The summed E-state index contributed by atoms with van der Waals surface area (Å²) >= 11 is 7.60. The van der Waals surface area contributed by atoms with Crippen LogP contribution in [0.2, 0.25) is 5.02 Å². The van der Waals surface area contributed by atoms with Crippen molar-refractivity contribution >= 4 is 34.4 Å². The topological polar surface area (TPSA) is 61.8 Å². The Labute approximate surface area is 147 Å². The Balaban J connectivity index is 1.76. The van der Waals surface area contributed by atoms with Gasteiger partial charge in [-0.05, 0) is 54.1 Å². The Morgan fingerprint density at radius 3 is 2.62 bits per heavy atom. The average molecular weight is 354 g/mol. The number of phenols is 1. The van der Waals surface area contributed by atoms with Crippen molar-refractivity contribution in [2.24, 2.45) is 0 Å². The molecule has 2 aromatic carbocycles. The maximum Gasteiger partial charge on any atom is 0.142 e. The molecular weight excluding hydrogens is 342 g/mol. The molecule has 2 N–H and O–H groups in total. The Kier molecular flexibility index (Phi) is 3.88. The van der Waals surface area contributed by atoms with Crippen LogP contribution in [0.25, 0.3) is 22.3 Å². The van der Waals surface area contributed by atoms with E-state index >= 15 is 0 Å². The van der Waals surface area contributed by atoms with E-state index in [0.29, 0.717) is 5.02 Å². The van der Waals surface area contributed by atoms with Crippen molar-refractivity contribution < 1.29 is 5.11 Å². The highest BCUT2D eigenvalue weighted by Gasteiger charge is 2.11. The second kappa shape index (κ2) is 6.19. The predicted octanol–water partition coefficient (Wildman–Crippen LogP) is 5.14. The number of nitrogens with one attached hydrogen (secondary N) is 1. The Bertz CT molecular complexity index is 1010.